The Labute approximate surface area is 116 Å². The minimum Gasteiger partial charge on any atom is -0.378 e. The third-order valence-corrected chi connectivity index (χ3v) is 3.81. The van der Waals surface area contributed by atoms with Gasteiger partial charge < -0.3 is 10.1 Å². The molecular weight excluding hydrogens is 238 g/mol. The predicted molar refractivity (Wildman–Crippen MR) is 77.1 cm³/mol. The Morgan fingerprint density at radius 1 is 1.58 bits per heavy atom. The van der Waals surface area contributed by atoms with Crippen LogP contribution in [0.1, 0.15) is 57.1 Å². The minimum absolute atomic E-state index is 0.440. The fraction of sp³-hybridized carbons (Fsp3) is 0.800. The summed E-state index contributed by atoms with van der Waals surface area (Å²) >= 11 is 0. The molecule has 1 aromatic heterocycles. The summed E-state index contributed by atoms with van der Waals surface area (Å²) in [5.41, 5.74) is 1.31. The summed E-state index contributed by atoms with van der Waals surface area (Å²) in [6.07, 6.45) is 11.9. The molecule has 2 rings (SSSR count). The van der Waals surface area contributed by atoms with Crippen LogP contribution in [0.4, 0.5) is 0 Å². The van der Waals surface area contributed by atoms with E-state index in [4.69, 9.17) is 4.74 Å². The van der Waals surface area contributed by atoms with Crippen molar-refractivity contribution in [2.45, 2.75) is 57.6 Å². The van der Waals surface area contributed by atoms with Gasteiger partial charge in [-0.15, -0.1) is 0 Å². The van der Waals surface area contributed by atoms with Crippen molar-refractivity contribution in [1.29, 1.82) is 0 Å². The van der Waals surface area contributed by atoms with Crippen molar-refractivity contribution in [3.8, 4) is 0 Å². The van der Waals surface area contributed by atoms with Gasteiger partial charge in [0.15, 0.2) is 0 Å². The third-order valence-electron chi connectivity index (χ3n) is 3.81. The Hall–Kier alpha value is -0.870. The summed E-state index contributed by atoms with van der Waals surface area (Å²) in [7, 11) is 1.98. The predicted octanol–water partition coefficient (Wildman–Crippen LogP) is 2.81. The summed E-state index contributed by atoms with van der Waals surface area (Å²) in [5, 5.41) is 7.91. The van der Waals surface area contributed by atoms with E-state index in [1.54, 1.807) is 0 Å². The number of rotatable bonds is 8. The molecule has 0 radical (unpaired) electrons. The molecule has 2 atom stereocenters. The van der Waals surface area contributed by atoms with Crippen molar-refractivity contribution < 1.29 is 4.74 Å². The van der Waals surface area contributed by atoms with Gasteiger partial charge in [0.1, 0.15) is 0 Å². The Kier molecular flexibility index (Phi) is 5.86. The molecule has 0 saturated carbocycles. The standard InChI is InChI=1S/C15H27N3O/c1-3-9-16-15(13-11-17-18(2)12-13)8-4-6-14-7-5-10-19-14/h11-12,14-16H,3-10H2,1-2H3. The van der Waals surface area contributed by atoms with Gasteiger partial charge in [0, 0.05) is 31.5 Å². The largest absolute Gasteiger partial charge is 0.378 e. The van der Waals surface area contributed by atoms with E-state index in [1.807, 2.05) is 17.9 Å². The Morgan fingerprint density at radius 2 is 2.47 bits per heavy atom. The molecule has 19 heavy (non-hydrogen) atoms. The highest BCUT2D eigenvalue weighted by atomic mass is 16.5. The quantitative estimate of drug-likeness (QED) is 0.785. The molecule has 0 bridgehead atoms. The van der Waals surface area contributed by atoms with Gasteiger partial charge in [-0.2, -0.15) is 5.10 Å². The van der Waals surface area contributed by atoms with E-state index in [0.29, 0.717) is 12.1 Å². The third kappa shape index (κ3) is 4.62. The first-order valence-electron chi connectivity index (χ1n) is 7.63. The van der Waals surface area contributed by atoms with Crippen molar-refractivity contribution in [3.63, 3.8) is 0 Å². The average molecular weight is 265 g/mol. The summed E-state index contributed by atoms with van der Waals surface area (Å²) in [6.45, 7) is 4.24. The lowest BCUT2D eigenvalue weighted by molar-refractivity contribution is 0.101. The molecule has 1 saturated heterocycles. The van der Waals surface area contributed by atoms with Gasteiger partial charge in [0.2, 0.25) is 0 Å². The molecule has 0 spiro atoms. The van der Waals surface area contributed by atoms with Gasteiger partial charge in [0.25, 0.3) is 0 Å². The lowest BCUT2D eigenvalue weighted by Gasteiger charge is -2.18. The molecule has 1 aliphatic rings. The SMILES string of the molecule is CCCNC(CCCC1CCCO1)c1cnn(C)c1. The highest BCUT2D eigenvalue weighted by Crippen LogP contribution is 2.23. The zero-order valence-corrected chi connectivity index (χ0v) is 12.3. The Morgan fingerprint density at radius 3 is 3.11 bits per heavy atom. The molecule has 4 heteroatoms. The summed E-state index contributed by atoms with van der Waals surface area (Å²) in [5.74, 6) is 0. The van der Waals surface area contributed by atoms with Crippen LogP contribution in [0, 0.1) is 0 Å². The number of nitrogens with one attached hydrogen (secondary N) is 1. The monoisotopic (exact) mass is 265 g/mol. The van der Waals surface area contributed by atoms with Crippen LogP contribution in [0.5, 0.6) is 0 Å². The first-order valence-corrected chi connectivity index (χ1v) is 7.63. The number of nitrogens with zero attached hydrogens (tertiary/aromatic N) is 2. The maximum absolute atomic E-state index is 5.69. The minimum atomic E-state index is 0.440. The molecule has 1 aromatic rings. The molecule has 2 unspecified atom stereocenters. The van der Waals surface area contributed by atoms with E-state index < -0.39 is 0 Å². The molecular formula is C15H27N3O. The molecule has 4 nitrogen and oxygen atoms in total. The van der Waals surface area contributed by atoms with Gasteiger partial charge in [-0.1, -0.05) is 6.92 Å². The zero-order valence-electron chi connectivity index (χ0n) is 12.3. The molecule has 0 aromatic carbocycles. The molecule has 0 amide bonds. The lowest BCUT2D eigenvalue weighted by atomic mass is 10.0. The van der Waals surface area contributed by atoms with E-state index in [0.717, 1.165) is 13.2 Å². The lowest BCUT2D eigenvalue weighted by Crippen LogP contribution is -2.22. The van der Waals surface area contributed by atoms with E-state index in [1.165, 1.54) is 44.1 Å². The smallest absolute Gasteiger partial charge is 0.0576 e. The van der Waals surface area contributed by atoms with E-state index >= 15 is 0 Å². The van der Waals surface area contributed by atoms with Gasteiger partial charge in [-0.3, -0.25) is 4.68 Å². The first-order chi connectivity index (χ1) is 9.29. The maximum Gasteiger partial charge on any atom is 0.0576 e. The van der Waals surface area contributed by atoms with Crippen molar-refractivity contribution in [3.05, 3.63) is 18.0 Å². The Bertz CT molecular complexity index is 358. The molecule has 1 aliphatic heterocycles. The second kappa shape index (κ2) is 7.65. The van der Waals surface area contributed by atoms with Crippen LogP contribution in [0.3, 0.4) is 0 Å². The maximum atomic E-state index is 5.69. The number of ether oxygens (including phenoxy) is 1. The molecule has 0 aliphatic carbocycles. The summed E-state index contributed by atoms with van der Waals surface area (Å²) in [4.78, 5) is 0. The second-order valence-electron chi connectivity index (χ2n) is 5.52. The van der Waals surface area contributed by atoms with Crippen molar-refractivity contribution in [1.82, 2.24) is 15.1 Å². The number of hydrogen-bond donors (Lipinski definition) is 1. The number of aromatic nitrogens is 2. The fourth-order valence-corrected chi connectivity index (χ4v) is 2.75. The van der Waals surface area contributed by atoms with Gasteiger partial charge in [0.05, 0.1) is 12.3 Å². The van der Waals surface area contributed by atoms with Crippen LogP contribution in [-0.4, -0.2) is 29.0 Å². The topological polar surface area (TPSA) is 39.1 Å². The number of hydrogen-bond acceptors (Lipinski definition) is 3. The van der Waals surface area contributed by atoms with E-state index in [9.17, 15) is 0 Å². The Balaban J connectivity index is 1.79. The average Bonchev–Trinajstić information content (AvgIpc) is 3.05. The highest BCUT2D eigenvalue weighted by Gasteiger charge is 2.17. The van der Waals surface area contributed by atoms with Crippen LogP contribution < -0.4 is 5.32 Å². The van der Waals surface area contributed by atoms with Gasteiger partial charge in [-0.25, -0.2) is 0 Å². The van der Waals surface area contributed by atoms with Crippen molar-refractivity contribution >= 4 is 0 Å². The number of aryl methyl sites for hydroxylation is 1. The highest BCUT2D eigenvalue weighted by molar-refractivity contribution is 5.10. The first kappa shape index (κ1) is 14.5. The van der Waals surface area contributed by atoms with Crippen LogP contribution in [0.25, 0.3) is 0 Å². The van der Waals surface area contributed by atoms with Crippen molar-refractivity contribution in [2.75, 3.05) is 13.2 Å². The van der Waals surface area contributed by atoms with E-state index in [2.05, 4.69) is 23.5 Å². The molecule has 1 N–H and O–H groups in total. The summed E-state index contributed by atoms with van der Waals surface area (Å²) in [6, 6.07) is 0.440. The fourth-order valence-electron chi connectivity index (χ4n) is 2.75. The van der Waals surface area contributed by atoms with Gasteiger partial charge in [-0.05, 0) is 45.1 Å². The zero-order chi connectivity index (χ0) is 13.5. The van der Waals surface area contributed by atoms with Crippen LogP contribution in [0.15, 0.2) is 12.4 Å². The normalized spacial score (nSPS) is 20.8. The summed E-state index contributed by atoms with van der Waals surface area (Å²) < 4.78 is 7.57. The molecule has 1 fully saturated rings. The van der Waals surface area contributed by atoms with Crippen LogP contribution >= 0.6 is 0 Å². The molecule has 2 heterocycles. The van der Waals surface area contributed by atoms with Crippen LogP contribution in [0.2, 0.25) is 0 Å². The van der Waals surface area contributed by atoms with Gasteiger partial charge >= 0.3 is 0 Å². The molecule has 108 valence electrons. The van der Waals surface area contributed by atoms with Crippen LogP contribution in [-0.2, 0) is 11.8 Å². The van der Waals surface area contributed by atoms with E-state index in [-0.39, 0.29) is 0 Å². The van der Waals surface area contributed by atoms with Crippen molar-refractivity contribution in [2.24, 2.45) is 7.05 Å². The second-order valence-corrected chi connectivity index (χ2v) is 5.52.